The van der Waals surface area contributed by atoms with Gasteiger partial charge in [-0.3, -0.25) is 4.79 Å². The average molecular weight is 397 g/mol. The molecule has 0 spiro atoms. The Bertz CT molecular complexity index is 699. The molecule has 8 atom stereocenters. The first-order valence-corrected chi connectivity index (χ1v) is 12.6. The highest BCUT2D eigenvalue weighted by Gasteiger charge is 2.59. The SMILES string of the molecule is CC(C)[C@@H](C)/C=C/[C@@H](C)[C@H]1CC[C@@H]2[C@H]3CCC4=CC(=O)CC[C@]4(C)[C@@H]3CC[C@@]21C. The van der Waals surface area contributed by atoms with Crippen LogP contribution in [-0.2, 0) is 4.79 Å². The van der Waals surface area contributed by atoms with Crippen molar-refractivity contribution in [3.05, 3.63) is 23.8 Å². The van der Waals surface area contributed by atoms with Gasteiger partial charge in [-0.15, -0.1) is 0 Å². The quantitative estimate of drug-likeness (QED) is 0.447. The van der Waals surface area contributed by atoms with E-state index in [9.17, 15) is 4.79 Å². The summed E-state index contributed by atoms with van der Waals surface area (Å²) in [6, 6.07) is 0. The van der Waals surface area contributed by atoms with Gasteiger partial charge in [0, 0.05) is 6.42 Å². The van der Waals surface area contributed by atoms with Crippen LogP contribution in [0, 0.1) is 52.3 Å². The van der Waals surface area contributed by atoms with Crippen LogP contribution < -0.4 is 0 Å². The van der Waals surface area contributed by atoms with Gasteiger partial charge >= 0.3 is 0 Å². The first-order chi connectivity index (χ1) is 13.7. The minimum absolute atomic E-state index is 0.314. The van der Waals surface area contributed by atoms with Crippen LogP contribution >= 0.6 is 0 Å². The summed E-state index contributed by atoms with van der Waals surface area (Å²) < 4.78 is 0. The molecule has 0 heterocycles. The molecule has 0 N–H and O–H groups in total. The van der Waals surface area contributed by atoms with Gasteiger partial charge in [0.1, 0.15) is 0 Å². The van der Waals surface area contributed by atoms with Crippen molar-refractivity contribution in [1.29, 1.82) is 0 Å². The van der Waals surface area contributed by atoms with Gasteiger partial charge in [-0.05, 0) is 103 Å². The molecule has 0 radical (unpaired) electrons. The molecule has 3 saturated carbocycles. The van der Waals surface area contributed by atoms with E-state index in [1.807, 2.05) is 6.08 Å². The molecule has 0 unspecified atom stereocenters. The van der Waals surface area contributed by atoms with Crippen LogP contribution in [0.1, 0.15) is 92.9 Å². The highest BCUT2D eigenvalue weighted by atomic mass is 16.1. The van der Waals surface area contributed by atoms with Crippen molar-refractivity contribution in [2.45, 2.75) is 92.9 Å². The number of hydrogen-bond acceptors (Lipinski definition) is 1. The van der Waals surface area contributed by atoms with Gasteiger partial charge in [-0.2, -0.15) is 0 Å². The predicted molar refractivity (Wildman–Crippen MR) is 123 cm³/mol. The van der Waals surface area contributed by atoms with Crippen LogP contribution in [0.15, 0.2) is 23.8 Å². The molecule has 162 valence electrons. The third kappa shape index (κ3) is 3.49. The fourth-order valence-corrected chi connectivity index (χ4v) is 8.17. The Hall–Kier alpha value is -0.850. The summed E-state index contributed by atoms with van der Waals surface area (Å²) >= 11 is 0. The molecule has 1 heteroatoms. The number of carbonyl (C=O) groups excluding carboxylic acids is 1. The minimum Gasteiger partial charge on any atom is -0.295 e. The third-order valence-corrected chi connectivity index (χ3v) is 10.4. The second kappa shape index (κ2) is 7.69. The molecule has 0 aromatic heterocycles. The number of carbonyl (C=O) groups is 1. The van der Waals surface area contributed by atoms with Crippen molar-refractivity contribution in [2.24, 2.45) is 52.3 Å². The van der Waals surface area contributed by atoms with E-state index < -0.39 is 0 Å². The van der Waals surface area contributed by atoms with Crippen molar-refractivity contribution in [1.82, 2.24) is 0 Å². The molecule has 29 heavy (non-hydrogen) atoms. The molecule has 4 rings (SSSR count). The van der Waals surface area contributed by atoms with Crippen LogP contribution in [-0.4, -0.2) is 5.78 Å². The van der Waals surface area contributed by atoms with Crippen LogP contribution in [0.25, 0.3) is 0 Å². The summed E-state index contributed by atoms with van der Waals surface area (Å²) in [7, 11) is 0. The van der Waals surface area contributed by atoms with Gasteiger partial charge in [0.2, 0.25) is 0 Å². The van der Waals surface area contributed by atoms with Crippen LogP contribution in [0.5, 0.6) is 0 Å². The molecular weight excluding hydrogens is 352 g/mol. The Morgan fingerprint density at radius 1 is 0.931 bits per heavy atom. The highest BCUT2D eigenvalue weighted by molar-refractivity contribution is 5.91. The topological polar surface area (TPSA) is 17.1 Å². The molecule has 3 fully saturated rings. The summed E-state index contributed by atoms with van der Waals surface area (Å²) in [4.78, 5) is 12.0. The number of ketones is 1. The summed E-state index contributed by atoms with van der Waals surface area (Å²) in [5.41, 5.74) is 2.34. The van der Waals surface area contributed by atoms with E-state index in [1.165, 1.54) is 44.1 Å². The Morgan fingerprint density at radius 3 is 2.41 bits per heavy atom. The molecule has 0 aromatic rings. The predicted octanol–water partition coefficient (Wildman–Crippen LogP) is 7.62. The Labute approximate surface area is 179 Å². The summed E-state index contributed by atoms with van der Waals surface area (Å²) in [6.45, 7) is 14.7. The fourth-order valence-electron chi connectivity index (χ4n) is 8.17. The molecule has 0 aromatic carbocycles. The van der Waals surface area contributed by atoms with Gasteiger partial charge in [-0.25, -0.2) is 0 Å². The lowest BCUT2D eigenvalue weighted by molar-refractivity contribution is -0.117. The lowest BCUT2D eigenvalue weighted by Gasteiger charge is -2.58. The zero-order valence-corrected chi connectivity index (χ0v) is 19.8. The highest BCUT2D eigenvalue weighted by Crippen LogP contribution is 2.67. The Balaban J connectivity index is 1.53. The van der Waals surface area contributed by atoms with Gasteiger partial charge < -0.3 is 0 Å². The van der Waals surface area contributed by atoms with Crippen molar-refractivity contribution >= 4 is 5.78 Å². The molecule has 0 aliphatic heterocycles. The van der Waals surface area contributed by atoms with Gasteiger partial charge in [0.25, 0.3) is 0 Å². The first-order valence-electron chi connectivity index (χ1n) is 12.6. The van der Waals surface area contributed by atoms with Crippen molar-refractivity contribution in [3.63, 3.8) is 0 Å². The summed E-state index contributed by atoms with van der Waals surface area (Å²) in [6.07, 6.45) is 17.2. The second-order valence-corrected chi connectivity index (χ2v) is 12.0. The van der Waals surface area contributed by atoms with E-state index in [0.29, 0.717) is 28.4 Å². The smallest absolute Gasteiger partial charge is 0.155 e. The van der Waals surface area contributed by atoms with Gasteiger partial charge in [0.05, 0.1) is 0 Å². The fraction of sp³-hybridized carbons (Fsp3) is 0.821. The van der Waals surface area contributed by atoms with Gasteiger partial charge in [0.15, 0.2) is 5.78 Å². The van der Waals surface area contributed by atoms with E-state index in [4.69, 9.17) is 0 Å². The van der Waals surface area contributed by atoms with Crippen LogP contribution in [0.4, 0.5) is 0 Å². The number of hydrogen-bond donors (Lipinski definition) is 0. The monoisotopic (exact) mass is 396 g/mol. The second-order valence-electron chi connectivity index (χ2n) is 12.0. The zero-order valence-electron chi connectivity index (χ0n) is 19.8. The molecule has 1 nitrogen and oxygen atoms in total. The lowest BCUT2D eigenvalue weighted by atomic mass is 9.46. The minimum atomic E-state index is 0.314. The molecular formula is C28H44O. The number of allylic oxidation sites excluding steroid dienone is 3. The number of rotatable bonds is 4. The number of fused-ring (bicyclic) bond motifs is 5. The van der Waals surface area contributed by atoms with E-state index in [-0.39, 0.29) is 0 Å². The molecule has 4 aliphatic carbocycles. The van der Waals surface area contributed by atoms with Crippen molar-refractivity contribution in [2.75, 3.05) is 0 Å². The van der Waals surface area contributed by atoms with E-state index in [2.05, 4.69) is 53.7 Å². The summed E-state index contributed by atoms with van der Waals surface area (Å²) in [5, 5.41) is 0. The normalized spacial score (nSPS) is 44.2. The molecule has 0 amide bonds. The standard InChI is InChI=1S/C28H44O/c1-18(2)19(3)7-8-20(4)24-11-12-25-23-10-9-21-17-22(29)13-15-27(21,5)26(23)14-16-28(24,25)6/h7-8,17-20,23-26H,9-16H2,1-6H3/b8-7+/t19-,20+,23+,24+,25+,26+,27-,28+/m0/s1. The first kappa shape index (κ1) is 21.4. The largest absolute Gasteiger partial charge is 0.295 e. The zero-order chi connectivity index (χ0) is 21.0. The average Bonchev–Trinajstić information content (AvgIpc) is 3.03. The lowest BCUT2D eigenvalue weighted by Crippen LogP contribution is -2.50. The van der Waals surface area contributed by atoms with E-state index in [1.54, 1.807) is 0 Å². The van der Waals surface area contributed by atoms with Crippen LogP contribution in [0.2, 0.25) is 0 Å². The maximum Gasteiger partial charge on any atom is 0.155 e. The maximum atomic E-state index is 12.0. The van der Waals surface area contributed by atoms with Crippen molar-refractivity contribution < 1.29 is 4.79 Å². The van der Waals surface area contributed by atoms with E-state index >= 15 is 0 Å². The molecule has 4 aliphatic rings. The van der Waals surface area contributed by atoms with Crippen molar-refractivity contribution in [3.8, 4) is 0 Å². The Kier molecular flexibility index (Phi) is 5.67. The summed E-state index contributed by atoms with van der Waals surface area (Å²) in [5.74, 6) is 5.95. The third-order valence-electron chi connectivity index (χ3n) is 10.4. The molecule has 0 saturated heterocycles. The van der Waals surface area contributed by atoms with E-state index in [0.717, 1.165) is 42.4 Å². The Morgan fingerprint density at radius 2 is 1.69 bits per heavy atom. The van der Waals surface area contributed by atoms with Gasteiger partial charge in [-0.1, -0.05) is 59.3 Å². The maximum absolute atomic E-state index is 12.0. The van der Waals surface area contributed by atoms with Crippen LogP contribution in [0.3, 0.4) is 0 Å². The molecule has 0 bridgehead atoms.